The molecular formula is C11H20N2O2. The maximum Gasteiger partial charge on any atom is 0.223 e. The molecule has 4 nitrogen and oxygen atoms in total. The summed E-state index contributed by atoms with van der Waals surface area (Å²) in [4.78, 5) is 11.7. The minimum Gasteiger partial charge on any atom is -0.380 e. The van der Waals surface area contributed by atoms with Gasteiger partial charge >= 0.3 is 0 Å². The summed E-state index contributed by atoms with van der Waals surface area (Å²) < 4.78 is 5.17. The first kappa shape index (κ1) is 10.9. The van der Waals surface area contributed by atoms with Crippen molar-refractivity contribution in [3.63, 3.8) is 0 Å². The van der Waals surface area contributed by atoms with Crippen molar-refractivity contribution in [3.8, 4) is 0 Å². The Morgan fingerprint density at radius 2 is 2.53 bits per heavy atom. The summed E-state index contributed by atoms with van der Waals surface area (Å²) in [7, 11) is 0. The second-order valence-corrected chi connectivity index (χ2v) is 4.53. The van der Waals surface area contributed by atoms with Gasteiger partial charge in [0.25, 0.3) is 0 Å². The lowest BCUT2D eigenvalue weighted by molar-refractivity contribution is -0.123. The molecule has 1 saturated heterocycles. The lowest BCUT2D eigenvalue weighted by Gasteiger charge is -2.08. The smallest absolute Gasteiger partial charge is 0.223 e. The number of ether oxygens (including phenoxy) is 1. The van der Waals surface area contributed by atoms with Gasteiger partial charge in [0, 0.05) is 25.6 Å². The van der Waals surface area contributed by atoms with E-state index < -0.39 is 0 Å². The van der Waals surface area contributed by atoms with E-state index in [9.17, 15) is 4.79 Å². The van der Waals surface area contributed by atoms with E-state index in [4.69, 9.17) is 4.74 Å². The largest absolute Gasteiger partial charge is 0.380 e. The van der Waals surface area contributed by atoms with Crippen LogP contribution in [0, 0.1) is 11.3 Å². The van der Waals surface area contributed by atoms with Crippen LogP contribution in [-0.4, -0.2) is 38.8 Å². The van der Waals surface area contributed by atoms with E-state index in [-0.39, 0.29) is 11.8 Å². The predicted octanol–water partition coefficient (Wildman–Crippen LogP) is 0.139. The second-order valence-electron chi connectivity index (χ2n) is 4.53. The molecule has 2 rings (SSSR count). The molecule has 0 aromatic heterocycles. The zero-order valence-electron chi connectivity index (χ0n) is 9.34. The van der Waals surface area contributed by atoms with Crippen molar-refractivity contribution in [2.75, 3.05) is 32.8 Å². The van der Waals surface area contributed by atoms with Crippen LogP contribution in [0.25, 0.3) is 0 Å². The Morgan fingerprint density at radius 1 is 1.67 bits per heavy atom. The highest BCUT2D eigenvalue weighted by Gasteiger charge is 2.58. The fourth-order valence-corrected chi connectivity index (χ4v) is 2.47. The molecule has 1 saturated carbocycles. The number of carbonyl (C=O) groups excluding carboxylic acids is 1. The van der Waals surface area contributed by atoms with E-state index >= 15 is 0 Å². The van der Waals surface area contributed by atoms with Gasteiger partial charge in [-0.15, -0.1) is 0 Å². The fraction of sp³-hybridized carbons (Fsp3) is 0.909. The SMILES string of the molecule is CCOCCNC(=O)C1CC12CCNC2. The summed E-state index contributed by atoms with van der Waals surface area (Å²) in [5.74, 6) is 0.479. The number of hydrogen-bond acceptors (Lipinski definition) is 3. The Hall–Kier alpha value is -0.610. The molecule has 15 heavy (non-hydrogen) atoms. The average molecular weight is 212 g/mol. The van der Waals surface area contributed by atoms with E-state index in [1.165, 1.54) is 0 Å². The first-order valence-corrected chi connectivity index (χ1v) is 5.85. The van der Waals surface area contributed by atoms with Crippen molar-refractivity contribution in [1.29, 1.82) is 0 Å². The third kappa shape index (κ3) is 2.32. The molecule has 2 fully saturated rings. The third-order valence-electron chi connectivity index (χ3n) is 3.53. The highest BCUT2D eigenvalue weighted by Crippen LogP contribution is 2.56. The number of amides is 1. The van der Waals surface area contributed by atoms with Crippen LogP contribution in [0.5, 0.6) is 0 Å². The van der Waals surface area contributed by atoms with E-state index in [0.717, 1.165) is 25.9 Å². The van der Waals surface area contributed by atoms with Gasteiger partial charge in [-0.25, -0.2) is 0 Å². The minimum atomic E-state index is 0.221. The van der Waals surface area contributed by atoms with E-state index in [1.54, 1.807) is 0 Å². The molecule has 1 aliphatic heterocycles. The Labute approximate surface area is 90.8 Å². The van der Waals surface area contributed by atoms with E-state index in [2.05, 4.69) is 10.6 Å². The first-order valence-electron chi connectivity index (χ1n) is 5.85. The molecule has 4 heteroatoms. The summed E-state index contributed by atoms with van der Waals surface area (Å²) in [5.41, 5.74) is 0.315. The Morgan fingerprint density at radius 3 is 3.20 bits per heavy atom. The van der Waals surface area contributed by atoms with Crippen LogP contribution in [0.2, 0.25) is 0 Å². The molecule has 2 atom stereocenters. The van der Waals surface area contributed by atoms with E-state index in [0.29, 0.717) is 25.2 Å². The highest BCUT2D eigenvalue weighted by atomic mass is 16.5. The van der Waals surface area contributed by atoms with Gasteiger partial charge in [0.05, 0.1) is 6.61 Å². The van der Waals surface area contributed by atoms with Crippen molar-refractivity contribution >= 4 is 5.91 Å². The zero-order chi connectivity index (χ0) is 10.7. The number of hydrogen-bond donors (Lipinski definition) is 2. The Balaban J connectivity index is 1.65. The van der Waals surface area contributed by atoms with Crippen molar-refractivity contribution in [2.24, 2.45) is 11.3 Å². The molecule has 0 bridgehead atoms. The number of nitrogens with one attached hydrogen (secondary N) is 2. The zero-order valence-corrected chi connectivity index (χ0v) is 9.34. The van der Waals surface area contributed by atoms with Crippen molar-refractivity contribution in [3.05, 3.63) is 0 Å². The molecule has 0 radical (unpaired) electrons. The summed E-state index contributed by atoms with van der Waals surface area (Å²) >= 11 is 0. The lowest BCUT2D eigenvalue weighted by atomic mass is 10.0. The van der Waals surface area contributed by atoms with E-state index in [1.807, 2.05) is 6.92 Å². The van der Waals surface area contributed by atoms with Crippen molar-refractivity contribution < 1.29 is 9.53 Å². The van der Waals surface area contributed by atoms with Gasteiger partial charge in [0.15, 0.2) is 0 Å². The summed E-state index contributed by atoms with van der Waals surface area (Å²) in [5, 5.41) is 6.27. The fourth-order valence-electron chi connectivity index (χ4n) is 2.47. The van der Waals surface area contributed by atoms with Crippen molar-refractivity contribution in [1.82, 2.24) is 10.6 Å². The van der Waals surface area contributed by atoms with Crippen LogP contribution in [0.3, 0.4) is 0 Å². The molecule has 1 aliphatic carbocycles. The maximum absolute atomic E-state index is 11.7. The third-order valence-corrected chi connectivity index (χ3v) is 3.53. The van der Waals surface area contributed by atoms with Crippen LogP contribution in [-0.2, 0) is 9.53 Å². The molecular weight excluding hydrogens is 192 g/mol. The standard InChI is InChI=1S/C11H20N2O2/c1-2-15-6-5-13-10(14)9-7-11(9)3-4-12-8-11/h9,12H,2-8H2,1H3,(H,13,14). The van der Waals surface area contributed by atoms with Crippen molar-refractivity contribution in [2.45, 2.75) is 19.8 Å². The molecule has 1 spiro atoms. The average Bonchev–Trinajstić information content (AvgIpc) is 2.72. The van der Waals surface area contributed by atoms with Crippen LogP contribution in [0.4, 0.5) is 0 Å². The van der Waals surface area contributed by atoms with Gasteiger partial charge < -0.3 is 15.4 Å². The molecule has 2 N–H and O–H groups in total. The van der Waals surface area contributed by atoms with Crippen LogP contribution < -0.4 is 10.6 Å². The summed E-state index contributed by atoms with van der Waals surface area (Å²) in [6.45, 7) is 6.04. The molecule has 86 valence electrons. The Kier molecular flexibility index (Phi) is 3.26. The van der Waals surface area contributed by atoms with Crippen LogP contribution in [0.15, 0.2) is 0 Å². The van der Waals surface area contributed by atoms with Gasteiger partial charge in [0.1, 0.15) is 0 Å². The molecule has 1 amide bonds. The van der Waals surface area contributed by atoms with Gasteiger partial charge in [-0.05, 0) is 31.7 Å². The highest BCUT2D eigenvalue weighted by molar-refractivity contribution is 5.82. The maximum atomic E-state index is 11.7. The summed E-state index contributed by atoms with van der Waals surface area (Å²) in [6, 6.07) is 0. The van der Waals surface area contributed by atoms with Crippen LogP contribution >= 0.6 is 0 Å². The first-order chi connectivity index (χ1) is 7.28. The molecule has 2 unspecified atom stereocenters. The van der Waals surface area contributed by atoms with Gasteiger partial charge in [-0.1, -0.05) is 0 Å². The molecule has 1 heterocycles. The summed E-state index contributed by atoms with van der Waals surface area (Å²) in [6.07, 6.45) is 2.23. The molecule has 0 aromatic carbocycles. The second kappa shape index (κ2) is 4.49. The topological polar surface area (TPSA) is 50.4 Å². The van der Waals surface area contributed by atoms with Gasteiger partial charge in [-0.2, -0.15) is 0 Å². The number of rotatable bonds is 5. The lowest BCUT2D eigenvalue weighted by Crippen LogP contribution is -2.30. The van der Waals surface area contributed by atoms with Crippen LogP contribution in [0.1, 0.15) is 19.8 Å². The number of carbonyl (C=O) groups is 1. The predicted molar refractivity (Wildman–Crippen MR) is 57.5 cm³/mol. The monoisotopic (exact) mass is 212 g/mol. The molecule has 0 aromatic rings. The Bertz CT molecular complexity index is 237. The van der Waals surface area contributed by atoms with Gasteiger partial charge in [-0.3, -0.25) is 4.79 Å². The quantitative estimate of drug-likeness (QED) is 0.637. The minimum absolute atomic E-state index is 0.221. The van der Waals surface area contributed by atoms with Gasteiger partial charge in [0.2, 0.25) is 5.91 Å². The molecule has 2 aliphatic rings. The normalized spacial score (nSPS) is 33.3.